The van der Waals surface area contributed by atoms with Crippen LogP contribution >= 0.6 is 11.8 Å². The minimum atomic E-state index is -0.703. The molecule has 1 aromatic rings. The van der Waals surface area contributed by atoms with Gasteiger partial charge in [0.25, 0.3) is 5.91 Å². The first-order valence-corrected chi connectivity index (χ1v) is 6.97. The summed E-state index contributed by atoms with van der Waals surface area (Å²) in [7, 11) is 0. The molecule has 0 aliphatic carbocycles. The molecule has 1 aromatic heterocycles. The van der Waals surface area contributed by atoms with Crippen LogP contribution in [-0.4, -0.2) is 39.4 Å². The number of nitrogen functional groups attached to an aromatic ring is 1. The van der Waals surface area contributed by atoms with Gasteiger partial charge in [-0.25, -0.2) is 15.2 Å². The number of hydrogen-bond donors (Lipinski definition) is 2. The van der Waals surface area contributed by atoms with Gasteiger partial charge in [0, 0.05) is 29.8 Å². The first kappa shape index (κ1) is 14.1. The molecule has 0 aromatic carbocycles. The molecule has 0 spiro atoms. The highest BCUT2D eigenvalue weighted by molar-refractivity contribution is 8.00. The maximum Gasteiger partial charge on any atom is 0.257 e. The van der Waals surface area contributed by atoms with Crippen molar-refractivity contribution in [1.82, 2.24) is 9.88 Å². The zero-order valence-electron chi connectivity index (χ0n) is 10.9. The van der Waals surface area contributed by atoms with Gasteiger partial charge in [-0.15, -0.1) is 0 Å². The number of carbonyl (C=O) groups is 1. The van der Waals surface area contributed by atoms with Gasteiger partial charge in [0.15, 0.2) is 11.6 Å². The van der Waals surface area contributed by atoms with Gasteiger partial charge in [-0.05, 0) is 19.9 Å². The molecule has 3 N–H and O–H groups in total. The van der Waals surface area contributed by atoms with Crippen LogP contribution < -0.4 is 11.3 Å². The highest BCUT2D eigenvalue weighted by Gasteiger charge is 2.31. The number of amides is 1. The van der Waals surface area contributed by atoms with Crippen molar-refractivity contribution in [2.75, 3.05) is 24.3 Å². The summed E-state index contributed by atoms with van der Waals surface area (Å²) in [5.41, 5.74) is 2.15. The minimum absolute atomic E-state index is 0.00523. The quantitative estimate of drug-likeness (QED) is 0.636. The van der Waals surface area contributed by atoms with Crippen molar-refractivity contribution in [3.63, 3.8) is 0 Å². The summed E-state index contributed by atoms with van der Waals surface area (Å²) in [6.45, 7) is 5.38. The fourth-order valence-electron chi connectivity index (χ4n) is 2.07. The summed E-state index contributed by atoms with van der Waals surface area (Å²) in [5.74, 6) is 4.88. The van der Waals surface area contributed by atoms with E-state index in [1.165, 1.54) is 12.3 Å². The Kier molecular flexibility index (Phi) is 3.96. The minimum Gasteiger partial charge on any atom is -0.336 e. The first-order valence-electron chi connectivity index (χ1n) is 5.99. The number of carbonyl (C=O) groups excluding carboxylic acids is 1. The molecule has 0 bridgehead atoms. The van der Waals surface area contributed by atoms with Crippen molar-refractivity contribution < 1.29 is 9.18 Å². The maximum atomic E-state index is 14.0. The zero-order chi connectivity index (χ0) is 14.0. The highest BCUT2D eigenvalue weighted by Crippen LogP contribution is 2.30. The van der Waals surface area contributed by atoms with E-state index in [4.69, 9.17) is 5.84 Å². The fraction of sp³-hybridized carbons (Fsp3) is 0.500. The number of aromatic nitrogens is 1. The van der Waals surface area contributed by atoms with Crippen LogP contribution in [0.15, 0.2) is 12.3 Å². The van der Waals surface area contributed by atoms with Crippen LogP contribution in [0.2, 0.25) is 0 Å². The third-order valence-electron chi connectivity index (χ3n) is 2.97. The normalized spacial score (nSPS) is 18.2. The number of nitrogens with zero attached hydrogens (tertiary/aromatic N) is 2. The average Bonchev–Trinajstić information content (AvgIpc) is 2.37. The summed E-state index contributed by atoms with van der Waals surface area (Å²) in [5, 5.41) is 0. The second-order valence-electron chi connectivity index (χ2n) is 5.00. The smallest absolute Gasteiger partial charge is 0.257 e. The lowest BCUT2D eigenvalue weighted by atomic mass is 10.1. The van der Waals surface area contributed by atoms with Gasteiger partial charge in [0.1, 0.15) is 0 Å². The Balaban J connectivity index is 2.25. The lowest BCUT2D eigenvalue weighted by Crippen LogP contribution is -2.46. The highest BCUT2D eigenvalue weighted by atomic mass is 32.2. The second kappa shape index (κ2) is 5.34. The van der Waals surface area contributed by atoms with Gasteiger partial charge >= 0.3 is 0 Å². The van der Waals surface area contributed by atoms with E-state index in [2.05, 4.69) is 24.3 Å². The summed E-state index contributed by atoms with van der Waals surface area (Å²) in [6.07, 6.45) is 1.37. The summed E-state index contributed by atoms with van der Waals surface area (Å²) < 4.78 is 14.0. The lowest BCUT2D eigenvalue weighted by molar-refractivity contribution is 0.0743. The SMILES string of the molecule is CC1(C)CN(C(=O)c2ccnc(NN)c2F)CCS1. The Morgan fingerprint density at radius 2 is 2.37 bits per heavy atom. The van der Waals surface area contributed by atoms with E-state index in [-0.39, 0.29) is 22.0 Å². The van der Waals surface area contributed by atoms with Crippen LogP contribution in [0.25, 0.3) is 0 Å². The van der Waals surface area contributed by atoms with Crippen LogP contribution in [0, 0.1) is 5.82 Å². The summed E-state index contributed by atoms with van der Waals surface area (Å²) in [6, 6.07) is 1.38. The predicted molar refractivity (Wildman–Crippen MR) is 74.4 cm³/mol. The molecule has 0 radical (unpaired) electrons. The van der Waals surface area contributed by atoms with Crippen LogP contribution in [0.1, 0.15) is 24.2 Å². The van der Waals surface area contributed by atoms with E-state index < -0.39 is 5.82 Å². The summed E-state index contributed by atoms with van der Waals surface area (Å²) >= 11 is 1.82. The molecule has 1 amide bonds. The van der Waals surface area contributed by atoms with E-state index in [0.717, 1.165) is 5.75 Å². The Morgan fingerprint density at radius 1 is 1.63 bits per heavy atom. The third kappa shape index (κ3) is 2.98. The molecule has 1 fully saturated rings. The molecular weight excluding hydrogens is 267 g/mol. The fourth-order valence-corrected chi connectivity index (χ4v) is 3.18. The van der Waals surface area contributed by atoms with E-state index in [1.54, 1.807) is 4.90 Å². The predicted octanol–water partition coefficient (Wildman–Crippen LogP) is 1.47. The molecule has 1 aliphatic heterocycles. The van der Waals surface area contributed by atoms with Crippen molar-refractivity contribution in [3.8, 4) is 0 Å². The van der Waals surface area contributed by atoms with Crippen LogP contribution in [0.3, 0.4) is 0 Å². The molecule has 7 heteroatoms. The van der Waals surface area contributed by atoms with Crippen molar-refractivity contribution in [3.05, 3.63) is 23.6 Å². The maximum absolute atomic E-state index is 14.0. The number of thioether (sulfide) groups is 1. The molecule has 19 heavy (non-hydrogen) atoms. The van der Waals surface area contributed by atoms with Crippen molar-refractivity contribution in [2.45, 2.75) is 18.6 Å². The van der Waals surface area contributed by atoms with E-state index in [0.29, 0.717) is 13.1 Å². The van der Waals surface area contributed by atoms with E-state index in [9.17, 15) is 9.18 Å². The van der Waals surface area contributed by atoms with E-state index in [1.807, 2.05) is 11.8 Å². The summed E-state index contributed by atoms with van der Waals surface area (Å²) in [4.78, 5) is 17.8. The molecular formula is C12H17FN4OS. The molecule has 2 heterocycles. The van der Waals surface area contributed by atoms with Gasteiger partial charge in [-0.3, -0.25) is 4.79 Å². The van der Waals surface area contributed by atoms with Crippen molar-refractivity contribution in [1.29, 1.82) is 0 Å². The van der Waals surface area contributed by atoms with Crippen LogP contribution in [0.4, 0.5) is 10.2 Å². The number of nitrogens with one attached hydrogen (secondary N) is 1. The number of nitrogens with two attached hydrogens (primary N) is 1. The second-order valence-corrected chi connectivity index (χ2v) is 6.80. The molecule has 104 valence electrons. The van der Waals surface area contributed by atoms with Crippen LogP contribution in [-0.2, 0) is 0 Å². The van der Waals surface area contributed by atoms with Gasteiger partial charge in [-0.2, -0.15) is 11.8 Å². The number of halogens is 1. The van der Waals surface area contributed by atoms with Gasteiger partial charge in [-0.1, -0.05) is 0 Å². The molecule has 1 aliphatic rings. The number of hydrazine groups is 1. The standard InChI is InChI=1S/C12H17FN4OS/c1-12(2)7-17(5-6-19-12)11(18)8-3-4-15-10(16-14)9(8)13/h3-4H,5-7,14H2,1-2H3,(H,15,16). The molecule has 1 saturated heterocycles. The Labute approximate surface area is 115 Å². The molecule has 0 atom stereocenters. The van der Waals surface area contributed by atoms with E-state index >= 15 is 0 Å². The number of rotatable bonds is 2. The Bertz CT molecular complexity index is 495. The zero-order valence-corrected chi connectivity index (χ0v) is 11.8. The Morgan fingerprint density at radius 3 is 3.00 bits per heavy atom. The monoisotopic (exact) mass is 284 g/mol. The largest absolute Gasteiger partial charge is 0.336 e. The molecule has 0 unspecified atom stereocenters. The third-order valence-corrected chi connectivity index (χ3v) is 4.27. The lowest BCUT2D eigenvalue weighted by Gasteiger charge is -2.37. The number of pyridine rings is 1. The topological polar surface area (TPSA) is 71.2 Å². The number of anilines is 1. The molecule has 5 nitrogen and oxygen atoms in total. The van der Waals surface area contributed by atoms with Gasteiger partial charge < -0.3 is 10.3 Å². The van der Waals surface area contributed by atoms with Crippen molar-refractivity contribution in [2.24, 2.45) is 5.84 Å². The molecule has 2 rings (SSSR count). The Hall–Kier alpha value is -1.34. The van der Waals surface area contributed by atoms with Crippen molar-refractivity contribution >= 4 is 23.5 Å². The first-order chi connectivity index (χ1) is 8.94. The van der Waals surface area contributed by atoms with Gasteiger partial charge in [0.2, 0.25) is 0 Å². The van der Waals surface area contributed by atoms with Gasteiger partial charge in [0.05, 0.1) is 5.56 Å². The number of hydrogen-bond acceptors (Lipinski definition) is 5. The average molecular weight is 284 g/mol. The van der Waals surface area contributed by atoms with Crippen LogP contribution in [0.5, 0.6) is 0 Å². The molecule has 0 saturated carbocycles.